The van der Waals surface area contributed by atoms with Crippen LogP contribution in [0, 0.1) is 0 Å². The number of aromatic amines is 1. The van der Waals surface area contributed by atoms with Crippen LogP contribution in [0.5, 0.6) is 5.75 Å². The molecule has 1 unspecified atom stereocenters. The summed E-state index contributed by atoms with van der Waals surface area (Å²) in [6, 6.07) is 7.46. The molecule has 15 heavy (non-hydrogen) atoms. The SMILES string of the molecule is O=CC(O)COc1cccc2[nH]ccc12. The van der Waals surface area contributed by atoms with Gasteiger partial charge in [0.1, 0.15) is 18.5 Å². The Morgan fingerprint density at radius 2 is 2.33 bits per heavy atom. The molecule has 0 bridgehead atoms. The molecule has 1 aromatic heterocycles. The number of carbonyl (C=O) groups is 1. The highest BCUT2D eigenvalue weighted by Crippen LogP contribution is 2.24. The number of rotatable bonds is 4. The Labute approximate surface area is 86.5 Å². The molecule has 0 saturated carbocycles. The van der Waals surface area contributed by atoms with Gasteiger partial charge in [-0.3, -0.25) is 0 Å². The second-order valence-electron chi connectivity index (χ2n) is 3.21. The third-order valence-corrected chi connectivity index (χ3v) is 2.12. The second kappa shape index (κ2) is 4.14. The predicted molar refractivity (Wildman–Crippen MR) is 55.9 cm³/mol. The van der Waals surface area contributed by atoms with Gasteiger partial charge in [-0.15, -0.1) is 0 Å². The van der Waals surface area contributed by atoms with Gasteiger partial charge in [-0.25, -0.2) is 0 Å². The molecule has 2 rings (SSSR count). The normalized spacial score (nSPS) is 12.6. The molecule has 0 spiro atoms. The first-order valence-electron chi connectivity index (χ1n) is 4.63. The maximum Gasteiger partial charge on any atom is 0.151 e. The molecule has 0 aliphatic heterocycles. The summed E-state index contributed by atoms with van der Waals surface area (Å²) in [6.45, 7) is -0.0200. The van der Waals surface area contributed by atoms with Crippen LogP contribution >= 0.6 is 0 Å². The number of hydrogen-bond acceptors (Lipinski definition) is 3. The number of aliphatic hydroxyl groups excluding tert-OH is 1. The smallest absolute Gasteiger partial charge is 0.151 e. The van der Waals surface area contributed by atoms with Crippen LogP contribution in [-0.4, -0.2) is 29.1 Å². The maximum absolute atomic E-state index is 10.2. The number of aldehydes is 1. The maximum atomic E-state index is 10.2. The highest BCUT2D eigenvalue weighted by atomic mass is 16.5. The van der Waals surface area contributed by atoms with E-state index in [0.717, 1.165) is 10.9 Å². The molecule has 0 saturated heterocycles. The molecule has 1 atom stereocenters. The summed E-state index contributed by atoms with van der Waals surface area (Å²) in [5, 5.41) is 9.98. The fraction of sp³-hybridized carbons (Fsp3) is 0.182. The quantitative estimate of drug-likeness (QED) is 0.735. The predicted octanol–water partition coefficient (Wildman–Crippen LogP) is 1.11. The standard InChI is InChI=1S/C11H11NO3/c13-6-8(14)7-15-11-3-1-2-10-9(11)4-5-12-10/h1-6,8,12,14H,7H2. The third kappa shape index (κ3) is 1.99. The van der Waals surface area contributed by atoms with Gasteiger partial charge < -0.3 is 19.6 Å². The summed E-state index contributed by atoms with van der Waals surface area (Å²) in [7, 11) is 0. The van der Waals surface area contributed by atoms with Gasteiger partial charge >= 0.3 is 0 Å². The van der Waals surface area contributed by atoms with Crippen LogP contribution in [0.1, 0.15) is 0 Å². The van der Waals surface area contributed by atoms with E-state index in [-0.39, 0.29) is 6.61 Å². The Hall–Kier alpha value is -1.81. The minimum Gasteiger partial charge on any atom is -0.490 e. The average molecular weight is 205 g/mol. The van der Waals surface area contributed by atoms with E-state index in [1.807, 2.05) is 24.4 Å². The molecule has 0 radical (unpaired) electrons. The van der Waals surface area contributed by atoms with Crippen molar-refractivity contribution in [2.24, 2.45) is 0 Å². The van der Waals surface area contributed by atoms with E-state index in [0.29, 0.717) is 12.0 Å². The second-order valence-corrected chi connectivity index (χ2v) is 3.21. The molecule has 0 fully saturated rings. The van der Waals surface area contributed by atoms with E-state index in [9.17, 15) is 4.79 Å². The molecule has 2 N–H and O–H groups in total. The monoisotopic (exact) mass is 205 g/mol. The Morgan fingerprint density at radius 1 is 1.47 bits per heavy atom. The summed E-state index contributed by atoms with van der Waals surface area (Å²) in [6.07, 6.45) is 1.20. The minimum atomic E-state index is -1.07. The molecular formula is C11H11NO3. The number of aliphatic hydroxyl groups is 1. The zero-order valence-corrected chi connectivity index (χ0v) is 8.01. The van der Waals surface area contributed by atoms with E-state index in [1.54, 1.807) is 6.07 Å². The number of benzene rings is 1. The average Bonchev–Trinajstić information content (AvgIpc) is 2.74. The highest BCUT2D eigenvalue weighted by molar-refractivity contribution is 5.85. The van der Waals surface area contributed by atoms with Crippen molar-refractivity contribution in [1.82, 2.24) is 4.98 Å². The number of hydrogen-bond donors (Lipinski definition) is 2. The lowest BCUT2D eigenvalue weighted by Gasteiger charge is -2.08. The Balaban J connectivity index is 2.20. The first-order valence-corrected chi connectivity index (χ1v) is 4.63. The van der Waals surface area contributed by atoms with Crippen molar-refractivity contribution >= 4 is 17.2 Å². The number of nitrogens with one attached hydrogen (secondary N) is 1. The van der Waals surface area contributed by atoms with Gasteiger partial charge in [0.25, 0.3) is 0 Å². The van der Waals surface area contributed by atoms with Crippen LogP contribution in [0.2, 0.25) is 0 Å². The lowest BCUT2D eigenvalue weighted by molar-refractivity contribution is -0.116. The lowest BCUT2D eigenvalue weighted by Crippen LogP contribution is -2.18. The third-order valence-electron chi connectivity index (χ3n) is 2.12. The summed E-state index contributed by atoms with van der Waals surface area (Å²) in [5.74, 6) is 0.662. The first-order chi connectivity index (χ1) is 7.31. The summed E-state index contributed by atoms with van der Waals surface area (Å²) >= 11 is 0. The van der Waals surface area contributed by atoms with Crippen molar-refractivity contribution in [3.05, 3.63) is 30.5 Å². The van der Waals surface area contributed by atoms with E-state index in [1.165, 1.54) is 0 Å². The largest absolute Gasteiger partial charge is 0.490 e. The molecule has 0 amide bonds. The fourth-order valence-electron chi connectivity index (χ4n) is 1.40. The van der Waals surface area contributed by atoms with Crippen molar-refractivity contribution in [3.63, 3.8) is 0 Å². The topological polar surface area (TPSA) is 62.3 Å². The summed E-state index contributed by atoms with van der Waals surface area (Å²) < 4.78 is 5.33. The van der Waals surface area contributed by atoms with Crippen molar-refractivity contribution in [2.45, 2.75) is 6.10 Å². The summed E-state index contributed by atoms with van der Waals surface area (Å²) in [4.78, 5) is 13.3. The van der Waals surface area contributed by atoms with Gasteiger partial charge in [-0.05, 0) is 18.2 Å². The van der Waals surface area contributed by atoms with Crippen molar-refractivity contribution in [2.75, 3.05) is 6.61 Å². The number of fused-ring (bicyclic) bond motifs is 1. The Morgan fingerprint density at radius 3 is 3.13 bits per heavy atom. The van der Waals surface area contributed by atoms with Crippen molar-refractivity contribution in [3.8, 4) is 5.75 Å². The highest BCUT2D eigenvalue weighted by Gasteiger charge is 2.05. The first kappa shape index (κ1) is 9.73. The molecule has 2 aromatic rings. The number of ether oxygens (including phenoxy) is 1. The van der Waals surface area contributed by atoms with Crippen molar-refractivity contribution in [1.29, 1.82) is 0 Å². The van der Waals surface area contributed by atoms with Crippen LogP contribution in [0.15, 0.2) is 30.5 Å². The van der Waals surface area contributed by atoms with E-state index in [4.69, 9.17) is 9.84 Å². The summed E-state index contributed by atoms with van der Waals surface area (Å²) in [5.41, 5.74) is 0.966. The van der Waals surface area contributed by atoms with Crippen LogP contribution in [0.4, 0.5) is 0 Å². The molecule has 4 heteroatoms. The zero-order chi connectivity index (χ0) is 10.7. The molecular weight excluding hydrogens is 194 g/mol. The minimum absolute atomic E-state index is 0.0200. The van der Waals surface area contributed by atoms with Gasteiger partial charge in [0, 0.05) is 17.1 Å². The molecule has 1 heterocycles. The van der Waals surface area contributed by atoms with E-state index < -0.39 is 6.10 Å². The van der Waals surface area contributed by atoms with Gasteiger partial charge in [-0.2, -0.15) is 0 Å². The molecule has 0 aliphatic rings. The number of aromatic nitrogens is 1. The van der Waals surface area contributed by atoms with Gasteiger partial charge in [0.2, 0.25) is 0 Å². The molecule has 78 valence electrons. The molecule has 0 aliphatic carbocycles. The van der Waals surface area contributed by atoms with Gasteiger partial charge in [0.05, 0.1) is 0 Å². The van der Waals surface area contributed by atoms with Gasteiger partial charge in [0.15, 0.2) is 6.29 Å². The lowest BCUT2D eigenvalue weighted by atomic mass is 10.2. The van der Waals surface area contributed by atoms with Crippen LogP contribution < -0.4 is 4.74 Å². The molecule has 4 nitrogen and oxygen atoms in total. The molecule has 1 aromatic carbocycles. The van der Waals surface area contributed by atoms with E-state index in [2.05, 4.69) is 4.98 Å². The number of carbonyl (C=O) groups excluding carboxylic acids is 1. The number of H-pyrrole nitrogens is 1. The van der Waals surface area contributed by atoms with E-state index >= 15 is 0 Å². The fourth-order valence-corrected chi connectivity index (χ4v) is 1.40. The van der Waals surface area contributed by atoms with Crippen LogP contribution in [-0.2, 0) is 4.79 Å². The van der Waals surface area contributed by atoms with Gasteiger partial charge in [-0.1, -0.05) is 6.07 Å². The Kier molecular flexibility index (Phi) is 2.69. The van der Waals surface area contributed by atoms with Crippen LogP contribution in [0.25, 0.3) is 10.9 Å². The Bertz CT molecular complexity index is 464. The van der Waals surface area contributed by atoms with Crippen molar-refractivity contribution < 1.29 is 14.6 Å². The zero-order valence-electron chi connectivity index (χ0n) is 8.01. The van der Waals surface area contributed by atoms with Crippen LogP contribution in [0.3, 0.4) is 0 Å².